The van der Waals surface area contributed by atoms with E-state index < -0.39 is 0 Å². The van der Waals surface area contributed by atoms with Crippen LogP contribution in [0.1, 0.15) is 31.4 Å². The van der Waals surface area contributed by atoms with Crippen LogP contribution in [-0.2, 0) is 9.53 Å². The summed E-state index contributed by atoms with van der Waals surface area (Å²) in [6.45, 7) is 3.10. The zero-order valence-electron chi connectivity index (χ0n) is 10.1. The average Bonchev–Trinajstić information content (AvgIpc) is 3.15. The molecule has 1 aromatic rings. The predicted molar refractivity (Wildman–Crippen MR) is 64.3 cm³/mol. The molecule has 0 unspecified atom stereocenters. The highest BCUT2D eigenvalue weighted by Gasteiger charge is 2.26. The van der Waals surface area contributed by atoms with Crippen LogP contribution in [0.2, 0.25) is 0 Å². The summed E-state index contributed by atoms with van der Waals surface area (Å²) in [6, 6.07) is 3.35. The van der Waals surface area contributed by atoms with Crippen molar-refractivity contribution >= 4 is 5.97 Å². The van der Waals surface area contributed by atoms with Crippen LogP contribution in [0.25, 0.3) is 0 Å². The van der Waals surface area contributed by atoms with Crippen molar-refractivity contribution in [3.8, 4) is 0 Å². The molecular weight excluding hydrogens is 216 g/mol. The number of rotatable bonds is 6. The third-order valence-corrected chi connectivity index (χ3v) is 2.85. The Hall–Kier alpha value is -1.42. The summed E-state index contributed by atoms with van der Waals surface area (Å²) in [5.41, 5.74) is 0.867. The quantitative estimate of drug-likeness (QED) is 0.761. The molecule has 0 bridgehead atoms. The Morgan fingerprint density at radius 2 is 2.47 bits per heavy atom. The van der Waals surface area contributed by atoms with Crippen molar-refractivity contribution in [1.29, 1.82) is 0 Å². The van der Waals surface area contributed by atoms with Gasteiger partial charge in [-0.3, -0.25) is 4.98 Å². The van der Waals surface area contributed by atoms with Crippen LogP contribution in [0, 0.1) is 5.92 Å². The standard InChI is InChI=1S/C13H18N2O2/c1-2-17-13(16)12(15-8-10-5-6-10)11-4-3-7-14-9-11/h3-4,7,9-10,12,15H,2,5-6,8H2,1H3/t12-/m0/s1. The Labute approximate surface area is 101 Å². The summed E-state index contributed by atoms with van der Waals surface area (Å²) >= 11 is 0. The van der Waals surface area contributed by atoms with Crippen molar-refractivity contribution in [3.63, 3.8) is 0 Å². The van der Waals surface area contributed by atoms with E-state index in [2.05, 4.69) is 10.3 Å². The summed E-state index contributed by atoms with van der Waals surface area (Å²) in [5.74, 6) is 0.504. The number of carbonyl (C=O) groups is 1. The maximum absolute atomic E-state index is 11.9. The number of hydrogen-bond donors (Lipinski definition) is 1. The summed E-state index contributed by atoms with van der Waals surface area (Å²) in [6.07, 6.45) is 5.93. The van der Waals surface area contributed by atoms with Gasteiger partial charge in [-0.05, 0) is 43.9 Å². The third kappa shape index (κ3) is 3.53. The van der Waals surface area contributed by atoms with Gasteiger partial charge in [0.05, 0.1) is 6.61 Å². The molecule has 1 atom stereocenters. The van der Waals surface area contributed by atoms with Crippen LogP contribution in [0.15, 0.2) is 24.5 Å². The van der Waals surface area contributed by atoms with E-state index in [1.807, 2.05) is 19.1 Å². The first-order chi connectivity index (χ1) is 8.31. The molecule has 1 saturated carbocycles. The second-order valence-corrected chi connectivity index (χ2v) is 4.32. The molecule has 92 valence electrons. The molecule has 0 radical (unpaired) electrons. The van der Waals surface area contributed by atoms with Crippen LogP contribution < -0.4 is 5.32 Å². The number of aromatic nitrogens is 1. The fourth-order valence-corrected chi connectivity index (χ4v) is 1.72. The van der Waals surface area contributed by atoms with Gasteiger partial charge in [0.1, 0.15) is 6.04 Å². The highest BCUT2D eigenvalue weighted by Crippen LogP contribution is 2.28. The van der Waals surface area contributed by atoms with E-state index in [0.29, 0.717) is 6.61 Å². The Bertz CT molecular complexity index is 363. The molecule has 1 aliphatic carbocycles. The van der Waals surface area contributed by atoms with E-state index in [-0.39, 0.29) is 12.0 Å². The number of ether oxygens (including phenoxy) is 1. The lowest BCUT2D eigenvalue weighted by atomic mass is 10.1. The van der Waals surface area contributed by atoms with Gasteiger partial charge >= 0.3 is 5.97 Å². The molecule has 4 nitrogen and oxygen atoms in total. The molecule has 1 heterocycles. The van der Waals surface area contributed by atoms with Crippen molar-refractivity contribution in [3.05, 3.63) is 30.1 Å². The number of esters is 1. The largest absolute Gasteiger partial charge is 0.465 e. The SMILES string of the molecule is CCOC(=O)[C@@H](NCC1CC1)c1cccnc1. The molecule has 0 amide bonds. The minimum atomic E-state index is -0.385. The van der Waals surface area contributed by atoms with Gasteiger partial charge in [0.2, 0.25) is 0 Å². The van der Waals surface area contributed by atoms with Crippen LogP contribution in [0.4, 0.5) is 0 Å². The molecule has 1 N–H and O–H groups in total. The number of hydrogen-bond acceptors (Lipinski definition) is 4. The molecule has 4 heteroatoms. The smallest absolute Gasteiger partial charge is 0.327 e. The van der Waals surface area contributed by atoms with Gasteiger partial charge in [0.25, 0.3) is 0 Å². The highest BCUT2D eigenvalue weighted by atomic mass is 16.5. The maximum atomic E-state index is 11.9. The van der Waals surface area contributed by atoms with Crippen LogP contribution >= 0.6 is 0 Å². The first-order valence-electron chi connectivity index (χ1n) is 6.11. The molecule has 0 aliphatic heterocycles. The van der Waals surface area contributed by atoms with Crippen molar-refractivity contribution in [2.75, 3.05) is 13.2 Å². The second kappa shape index (κ2) is 5.77. The van der Waals surface area contributed by atoms with E-state index in [4.69, 9.17) is 4.74 Å². The minimum Gasteiger partial charge on any atom is -0.465 e. The summed E-state index contributed by atoms with van der Waals surface area (Å²) in [5, 5.41) is 3.27. The Morgan fingerprint density at radius 3 is 3.06 bits per heavy atom. The molecule has 1 aromatic heterocycles. The van der Waals surface area contributed by atoms with Gasteiger partial charge in [-0.1, -0.05) is 6.07 Å². The maximum Gasteiger partial charge on any atom is 0.327 e. The molecule has 0 saturated heterocycles. The topological polar surface area (TPSA) is 51.2 Å². The van der Waals surface area contributed by atoms with Crippen LogP contribution in [-0.4, -0.2) is 24.1 Å². The predicted octanol–water partition coefficient (Wildman–Crippen LogP) is 1.69. The lowest BCUT2D eigenvalue weighted by Gasteiger charge is -2.17. The van der Waals surface area contributed by atoms with E-state index in [9.17, 15) is 4.79 Å². The van der Waals surface area contributed by atoms with E-state index in [0.717, 1.165) is 18.0 Å². The van der Waals surface area contributed by atoms with Crippen molar-refractivity contribution in [2.45, 2.75) is 25.8 Å². The Kier molecular flexibility index (Phi) is 4.09. The first kappa shape index (κ1) is 12.0. The zero-order valence-corrected chi connectivity index (χ0v) is 10.1. The average molecular weight is 234 g/mol. The second-order valence-electron chi connectivity index (χ2n) is 4.32. The van der Waals surface area contributed by atoms with Crippen LogP contribution in [0.5, 0.6) is 0 Å². The zero-order chi connectivity index (χ0) is 12.1. The first-order valence-corrected chi connectivity index (χ1v) is 6.11. The Balaban J connectivity index is 2.02. The molecule has 1 fully saturated rings. The molecule has 0 spiro atoms. The molecule has 17 heavy (non-hydrogen) atoms. The van der Waals surface area contributed by atoms with Gasteiger partial charge in [0.15, 0.2) is 0 Å². The van der Waals surface area contributed by atoms with Gasteiger partial charge in [-0.25, -0.2) is 4.79 Å². The molecule has 2 rings (SSSR count). The fraction of sp³-hybridized carbons (Fsp3) is 0.538. The number of pyridine rings is 1. The summed E-state index contributed by atoms with van der Waals surface area (Å²) in [4.78, 5) is 15.9. The van der Waals surface area contributed by atoms with Crippen molar-refractivity contribution in [2.24, 2.45) is 5.92 Å². The third-order valence-electron chi connectivity index (χ3n) is 2.85. The van der Waals surface area contributed by atoms with Crippen molar-refractivity contribution < 1.29 is 9.53 Å². The monoisotopic (exact) mass is 234 g/mol. The van der Waals surface area contributed by atoms with E-state index in [1.165, 1.54) is 12.8 Å². The van der Waals surface area contributed by atoms with Crippen LogP contribution in [0.3, 0.4) is 0 Å². The molecule has 1 aliphatic rings. The molecule has 0 aromatic carbocycles. The molecular formula is C13H18N2O2. The number of carbonyl (C=O) groups excluding carboxylic acids is 1. The number of nitrogens with one attached hydrogen (secondary N) is 1. The van der Waals surface area contributed by atoms with Gasteiger partial charge in [-0.15, -0.1) is 0 Å². The summed E-state index contributed by atoms with van der Waals surface area (Å²) in [7, 11) is 0. The Morgan fingerprint density at radius 1 is 1.65 bits per heavy atom. The normalized spacial score (nSPS) is 16.5. The fourth-order valence-electron chi connectivity index (χ4n) is 1.72. The lowest BCUT2D eigenvalue weighted by molar-refractivity contribution is -0.145. The number of nitrogens with zero attached hydrogens (tertiary/aromatic N) is 1. The minimum absolute atomic E-state index is 0.221. The van der Waals surface area contributed by atoms with Gasteiger partial charge in [-0.2, -0.15) is 0 Å². The lowest BCUT2D eigenvalue weighted by Crippen LogP contribution is -2.31. The van der Waals surface area contributed by atoms with Gasteiger partial charge < -0.3 is 10.1 Å². The van der Waals surface area contributed by atoms with Crippen molar-refractivity contribution in [1.82, 2.24) is 10.3 Å². The van der Waals surface area contributed by atoms with E-state index in [1.54, 1.807) is 12.4 Å². The van der Waals surface area contributed by atoms with E-state index >= 15 is 0 Å². The van der Waals surface area contributed by atoms with Gasteiger partial charge in [0, 0.05) is 12.4 Å². The highest BCUT2D eigenvalue weighted by molar-refractivity contribution is 5.77. The summed E-state index contributed by atoms with van der Waals surface area (Å²) < 4.78 is 5.08.